The van der Waals surface area contributed by atoms with E-state index < -0.39 is 0 Å². The fourth-order valence-corrected chi connectivity index (χ4v) is 1.56. The average molecular weight is 370 g/mol. The first-order valence-electron chi connectivity index (χ1n) is 5.34. The number of nitrogens with zero attached hydrogens (tertiary/aromatic N) is 2. The number of halogens is 3. The Morgan fingerprint density at radius 1 is 1.21 bits per heavy atom. The number of imidazole rings is 1. The van der Waals surface area contributed by atoms with E-state index in [4.69, 9.17) is 5.73 Å². The molecule has 1 aromatic heterocycles. The number of nitrogens with one attached hydrogen (secondary N) is 1. The molecule has 1 heterocycles. The van der Waals surface area contributed by atoms with Crippen LogP contribution >= 0.6 is 24.8 Å². The van der Waals surface area contributed by atoms with Gasteiger partial charge in [0.1, 0.15) is 18.9 Å². The minimum atomic E-state index is 0. The predicted octanol–water partition coefficient (Wildman–Crippen LogP) is -1.15. The number of rotatable bonds is 4. The zero-order valence-corrected chi connectivity index (χ0v) is 13.8. The molecule has 0 bridgehead atoms. The second kappa shape index (κ2) is 9.95. The summed E-state index contributed by atoms with van der Waals surface area (Å²) in [4.78, 5) is 0. The predicted molar refractivity (Wildman–Crippen MR) is 79.4 cm³/mol. The van der Waals surface area contributed by atoms with Crippen molar-refractivity contribution in [1.29, 1.82) is 0 Å². The van der Waals surface area contributed by atoms with Gasteiger partial charge in [0.05, 0.1) is 13.6 Å². The standard InChI is InChI=1S/C12H17N4.BrH.2ClH/c1-15-8-9-16(10-15)7-6-14-12-4-2-11(13)3-5-12;;;/h2-5,8-10,14H,6-7,13H2,1H3;3*1H/q+1;;;/p-1. The van der Waals surface area contributed by atoms with Gasteiger partial charge in [-0.3, -0.25) is 0 Å². The van der Waals surface area contributed by atoms with Crippen LogP contribution in [0.1, 0.15) is 0 Å². The summed E-state index contributed by atoms with van der Waals surface area (Å²) < 4.78 is 4.17. The van der Waals surface area contributed by atoms with Crippen LogP contribution in [0.5, 0.6) is 0 Å². The highest BCUT2D eigenvalue weighted by molar-refractivity contribution is 5.85. The number of nitrogen functional groups attached to an aromatic ring is 1. The third-order valence-electron chi connectivity index (χ3n) is 2.43. The molecule has 108 valence electrons. The van der Waals surface area contributed by atoms with E-state index in [1.54, 1.807) is 0 Å². The highest BCUT2D eigenvalue weighted by atomic mass is 79.9. The molecule has 0 aliphatic rings. The summed E-state index contributed by atoms with van der Waals surface area (Å²) in [6, 6.07) is 7.78. The number of hydrogen-bond acceptors (Lipinski definition) is 2. The molecule has 0 amide bonds. The summed E-state index contributed by atoms with van der Waals surface area (Å²) >= 11 is 0. The third kappa shape index (κ3) is 6.71. The lowest BCUT2D eigenvalue weighted by molar-refractivity contribution is -0.671. The van der Waals surface area contributed by atoms with Crippen LogP contribution in [0.3, 0.4) is 0 Å². The molecule has 0 aliphatic carbocycles. The number of benzene rings is 1. The van der Waals surface area contributed by atoms with Crippen LogP contribution in [-0.4, -0.2) is 11.1 Å². The normalized spacial score (nSPS) is 8.68. The van der Waals surface area contributed by atoms with Gasteiger partial charge in [-0.25, -0.2) is 9.13 Å². The second-order valence-corrected chi connectivity index (χ2v) is 3.87. The minimum absolute atomic E-state index is 0. The molecule has 0 saturated carbocycles. The van der Waals surface area contributed by atoms with Crippen molar-refractivity contribution in [1.82, 2.24) is 4.57 Å². The lowest BCUT2D eigenvalue weighted by atomic mass is 10.3. The Balaban J connectivity index is 0. The van der Waals surface area contributed by atoms with Gasteiger partial charge in [-0.1, -0.05) is 0 Å². The molecule has 3 N–H and O–H groups in total. The molecule has 0 radical (unpaired) electrons. The van der Waals surface area contributed by atoms with E-state index in [2.05, 4.69) is 22.4 Å². The van der Waals surface area contributed by atoms with Gasteiger partial charge in [-0.2, -0.15) is 0 Å². The van der Waals surface area contributed by atoms with Crippen LogP contribution in [0.15, 0.2) is 43.0 Å². The molecule has 0 aliphatic heterocycles. The van der Waals surface area contributed by atoms with Crippen LogP contribution in [-0.2, 0) is 13.6 Å². The van der Waals surface area contributed by atoms with Crippen LogP contribution in [0.25, 0.3) is 0 Å². The van der Waals surface area contributed by atoms with Crippen molar-refractivity contribution in [3.63, 3.8) is 0 Å². The minimum Gasteiger partial charge on any atom is -1.00 e. The van der Waals surface area contributed by atoms with Gasteiger partial charge in [-0.15, -0.1) is 24.8 Å². The van der Waals surface area contributed by atoms with Crippen LogP contribution in [0, 0.1) is 0 Å². The van der Waals surface area contributed by atoms with Crippen LogP contribution in [0.2, 0.25) is 0 Å². The van der Waals surface area contributed by atoms with E-state index in [9.17, 15) is 0 Å². The number of aryl methyl sites for hydroxylation is 1. The molecule has 19 heavy (non-hydrogen) atoms. The maximum atomic E-state index is 5.61. The summed E-state index contributed by atoms with van der Waals surface area (Å²) in [6.45, 7) is 1.85. The van der Waals surface area contributed by atoms with E-state index in [1.165, 1.54) is 0 Å². The molecule has 4 nitrogen and oxygen atoms in total. The van der Waals surface area contributed by atoms with E-state index in [-0.39, 0.29) is 41.8 Å². The first kappa shape index (κ1) is 20.4. The molecule has 0 spiro atoms. The Labute approximate surface area is 136 Å². The maximum absolute atomic E-state index is 5.61. The average Bonchev–Trinajstić information content (AvgIpc) is 2.67. The highest BCUT2D eigenvalue weighted by Gasteiger charge is 1.98. The van der Waals surface area contributed by atoms with E-state index in [0.717, 1.165) is 24.5 Å². The molecule has 2 rings (SSSR count). The van der Waals surface area contributed by atoms with Gasteiger partial charge >= 0.3 is 0 Å². The number of hydrogen-bond donors (Lipinski definition) is 2. The van der Waals surface area contributed by atoms with Crippen molar-refractivity contribution >= 4 is 36.2 Å². The SMILES string of the molecule is C[n+]1ccn(CCNc2ccc(N)cc2)c1.Cl.Cl.[Br-]. The van der Waals surface area contributed by atoms with Gasteiger partial charge in [0.15, 0.2) is 0 Å². The smallest absolute Gasteiger partial charge is 0.243 e. The summed E-state index contributed by atoms with van der Waals surface area (Å²) in [7, 11) is 2.02. The van der Waals surface area contributed by atoms with Crippen molar-refractivity contribution in [3.8, 4) is 0 Å². The topological polar surface area (TPSA) is 46.9 Å². The first-order chi connectivity index (χ1) is 7.74. The van der Waals surface area contributed by atoms with Gasteiger partial charge in [0, 0.05) is 11.4 Å². The van der Waals surface area contributed by atoms with Crippen molar-refractivity contribution in [2.24, 2.45) is 7.05 Å². The first-order valence-corrected chi connectivity index (χ1v) is 5.34. The maximum Gasteiger partial charge on any atom is 0.243 e. The van der Waals surface area contributed by atoms with Crippen LogP contribution in [0.4, 0.5) is 11.4 Å². The Morgan fingerprint density at radius 3 is 2.37 bits per heavy atom. The summed E-state index contributed by atoms with van der Waals surface area (Å²) in [5.41, 5.74) is 7.51. The molecule has 0 fully saturated rings. The van der Waals surface area contributed by atoms with E-state index in [0.29, 0.717) is 0 Å². The molecular weight excluding hydrogens is 351 g/mol. The molecular formula is C12H19BrCl2N4. The zero-order chi connectivity index (χ0) is 11.4. The lowest BCUT2D eigenvalue weighted by Gasteiger charge is -2.04. The molecule has 1 aromatic carbocycles. The van der Waals surface area contributed by atoms with Crippen molar-refractivity contribution in [2.75, 3.05) is 17.6 Å². The van der Waals surface area contributed by atoms with Gasteiger partial charge < -0.3 is 28.0 Å². The van der Waals surface area contributed by atoms with Gasteiger partial charge in [-0.05, 0) is 24.3 Å². The lowest BCUT2D eigenvalue weighted by Crippen LogP contribution is -3.00. The summed E-state index contributed by atoms with van der Waals surface area (Å²) in [5, 5.41) is 3.34. The Kier molecular flexibility index (Phi) is 10.7. The third-order valence-corrected chi connectivity index (χ3v) is 2.43. The monoisotopic (exact) mass is 368 g/mol. The van der Waals surface area contributed by atoms with Crippen molar-refractivity contribution in [3.05, 3.63) is 43.0 Å². The molecule has 7 heteroatoms. The molecule has 0 unspecified atom stereocenters. The Hall–Kier alpha value is -0.910. The molecule has 2 aromatic rings. The van der Waals surface area contributed by atoms with E-state index in [1.807, 2.05) is 42.1 Å². The fraction of sp³-hybridized carbons (Fsp3) is 0.250. The largest absolute Gasteiger partial charge is 1.00 e. The highest BCUT2D eigenvalue weighted by Crippen LogP contribution is 2.09. The fourth-order valence-electron chi connectivity index (χ4n) is 1.56. The summed E-state index contributed by atoms with van der Waals surface area (Å²) in [5.74, 6) is 0. The van der Waals surface area contributed by atoms with E-state index >= 15 is 0 Å². The van der Waals surface area contributed by atoms with Crippen molar-refractivity contribution in [2.45, 2.75) is 6.54 Å². The number of anilines is 2. The van der Waals surface area contributed by atoms with Crippen molar-refractivity contribution < 1.29 is 21.5 Å². The number of aromatic nitrogens is 2. The van der Waals surface area contributed by atoms with Gasteiger partial charge in [0.25, 0.3) is 0 Å². The van der Waals surface area contributed by atoms with Gasteiger partial charge in [0.2, 0.25) is 6.33 Å². The Morgan fingerprint density at radius 2 is 1.84 bits per heavy atom. The molecule has 0 saturated heterocycles. The number of nitrogens with two attached hydrogens (primary N) is 1. The second-order valence-electron chi connectivity index (χ2n) is 3.87. The molecule has 0 atom stereocenters. The zero-order valence-electron chi connectivity index (χ0n) is 10.6. The van der Waals surface area contributed by atoms with Crippen LogP contribution < -0.4 is 32.6 Å². The Bertz CT molecular complexity index is 459. The quantitative estimate of drug-likeness (QED) is 0.528. The summed E-state index contributed by atoms with van der Waals surface area (Å²) in [6.07, 6.45) is 6.15.